The van der Waals surface area contributed by atoms with Crippen LogP contribution in [0.2, 0.25) is 0 Å². The van der Waals surface area contributed by atoms with E-state index in [1.54, 1.807) is 0 Å². The van der Waals surface area contributed by atoms with Gasteiger partial charge in [-0.3, -0.25) is 6.08 Å². The Bertz CT molecular complexity index is 762. The van der Waals surface area contributed by atoms with E-state index in [1.165, 1.54) is 22.3 Å². The summed E-state index contributed by atoms with van der Waals surface area (Å²) in [4.78, 5) is 0. The second-order valence-electron chi connectivity index (χ2n) is 5.75. The van der Waals surface area contributed by atoms with Gasteiger partial charge in [0.05, 0.1) is 0 Å². The number of allylic oxidation sites excluding steroid dienone is 5. The summed E-state index contributed by atoms with van der Waals surface area (Å²) in [6.45, 7) is 0. The summed E-state index contributed by atoms with van der Waals surface area (Å²) in [5.74, 6) is 0. The zero-order chi connectivity index (χ0) is 14.1. The summed E-state index contributed by atoms with van der Waals surface area (Å²) in [6, 6.07) is 19.5. The van der Waals surface area contributed by atoms with Gasteiger partial charge in [0.15, 0.2) is 0 Å². The van der Waals surface area contributed by atoms with Crippen molar-refractivity contribution in [3.05, 3.63) is 101 Å². The van der Waals surface area contributed by atoms with Crippen LogP contribution in [0.4, 0.5) is 0 Å². The van der Waals surface area contributed by atoms with E-state index in [4.69, 9.17) is 0 Å². The maximum Gasteiger partial charge on any atom is 0.00998 e. The van der Waals surface area contributed by atoms with Gasteiger partial charge in [0.1, 0.15) is 0 Å². The normalized spacial score (nSPS) is 19.6. The minimum absolute atomic E-state index is 0. The predicted molar refractivity (Wildman–Crippen MR) is 102 cm³/mol. The maximum atomic E-state index is 3.55. The molecule has 0 saturated carbocycles. The molecule has 0 aliphatic heterocycles. The first kappa shape index (κ1) is 21.2. The molecule has 0 N–H and O–H groups in total. The molecule has 0 saturated heterocycles. The molecule has 0 fully saturated rings. The third-order valence-electron chi connectivity index (χ3n) is 4.49. The van der Waals surface area contributed by atoms with Crippen LogP contribution in [0, 0.1) is 6.08 Å². The third-order valence-corrected chi connectivity index (χ3v) is 4.49. The Labute approximate surface area is 175 Å². The molecule has 0 radical (unpaired) electrons. The van der Waals surface area contributed by atoms with E-state index in [1.807, 2.05) is 0 Å². The Morgan fingerprint density at radius 3 is 2.29 bits per heavy atom. The van der Waals surface area contributed by atoms with Crippen LogP contribution in [-0.2, 0) is 38.0 Å². The van der Waals surface area contributed by atoms with Crippen molar-refractivity contribution in [3.63, 3.8) is 0 Å². The molecule has 0 aromatic heterocycles. The first-order valence-corrected chi connectivity index (χ1v) is 7.49. The minimum Gasteiger partial charge on any atom is -0.268 e. The van der Waals surface area contributed by atoms with Gasteiger partial charge in [-0.1, -0.05) is 66.7 Å². The minimum atomic E-state index is -0.0506. The van der Waals surface area contributed by atoms with Crippen LogP contribution in [-0.4, -0.2) is 0 Å². The molecule has 1 unspecified atom stereocenters. The fraction of sp³-hybridized carbons (Fsp3) is 0.143. The van der Waals surface area contributed by atoms with Crippen LogP contribution < -0.4 is 0 Å². The fourth-order valence-corrected chi connectivity index (χ4v) is 3.48. The Kier molecular flexibility index (Phi) is 7.93. The molecule has 2 aliphatic rings. The molecule has 0 nitrogen and oxygen atoms in total. The molecule has 0 heterocycles. The molecule has 0 amide bonds. The number of rotatable bonds is 3. The number of hydrogen-bond donors (Lipinski definition) is 0. The van der Waals surface area contributed by atoms with Crippen LogP contribution >= 0.6 is 24.8 Å². The fourth-order valence-electron chi connectivity index (χ4n) is 3.48. The molecule has 4 rings (SSSR count). The third kappa shape index (κ3) is 3.69. The van der Waals surface area contributed by atoms with E-state index in [0.717, 1.165) is 12.8 Å². The van der Waals surface area contributed by atoms with Crippen molar-refractivity contribution in [2.75, 3.05) is 0 Å². The molecule has 2 aliphatic carbocycles. The molecule has 0 spiro atoms. The zero-order valence-electron chi connectivity index (χ0n) is 13.2. The van der Waals surface area contributed by atoms with Crippen LogP contribution in [0.1, 0.15) is 23.1 Å². The van der Waals surface area contributed by atoms with Gasteiger partial charge in [-0.05, 0) is 23.1 Å². The van der Waals surface area contributed by atoms with Gasteiger partial charge in [0.25, 0.3) is 0 Å². The second kappa shape index (κ2) is 9.00. The van der Waals surface area contributed by atoms with Gasteiger partial charge in [-0.25, -0.2) is 11.6 Å². The van der Waals surface area contributed by atoms with Gasteiger partial charge in [-0.2, -0.15) is 6.08 Å². The molecular formula is C21H19Cl2Zr-. The summed E-state index contributed by atoms with van der Waals surface area (Å²) < 4.78 is 0. The van der Waals surface area contributed by atoms with E-state index >= 15 is 0 Å². The Hall–Kier alpha value is -0.877. The second-order valence-corrected chi connectivity index (χ2v) is 5.75. The maximum absolute atomic E-state index is 3.55. The molecule has 2 aromatic carbocycles. The average Bonchev–Trinajstić information content (AvgIpc) is 3.18. The molecule has 122 valence electrons. The van der Waals surface area contributed by atoms with E-state index in [-0.39, 0.29) is 56.4 Å². The van der Waals surface area contributed by atoms with Crippen molar-refractivity contribution < 1.29 is 26.2 Å². The summed E-state index contributed by atoms with van der Waals surface area (Å²) in [5.41, 5.74) is 5.37. The van der Waals surface area contributed by atoms with E-state index in [2.05, 4.69) is 85.0 Å². The van der Waals surface area contributed by atoms with Crippen molar-refractivity contribution in [1.82, 2.24) is 0 Å². The largest absolute Gasteiger partial charge is 0.268 e. The van der Waals surface area contributed by atoms with Crippen molar-refractivity contribution in [1.29, 1.82) is 0 Å². The first-order chi connectivity index (χ1) is 10.4. The molecule has 24 heavy (non-hydrogen) atoms. The van der Waals surface area contributed by atoms with E-state index in [9.17, 15) is 0 Å². The first-order valence-electron chi connectivity index (χ1n) is 7.49. The number of benzene rings is 2. The van der Waals surface area contributed by atoms with Crippen molar-refractivity contribution in [2.45, 2.75) is 18.3 Å². The summed E-state index contributed by atoms with van der Waals surface area (Å²) >= 11 is 0. The van der Waals surface area contributed by atoms with Crippen molar-refractivity contribution >= 4 is 30.9 Å². The van der Waals surface area contributed by atoms with Gasteiger partial charge >= 0.3 is 0 Å². The number of fused-ring (bicyclic) bond motifs is 1. The smallest absolute Gasteiger partial charge is 0.00998 e. The van der Waals surface area contributed by atoms with Crippen LogP contribution in [0.5, 0.6) is 0 Å². The standard InChI is InChI=1S/C21H17.2ClH.Zr/c1-2-8-17(9-3-1)16-21(19-11-5-6-12-19)15-14-18-10-4-7-13-20(18)21;;;/h1-5,7-11,13-15H,6,16H2;2*1H;/q-1;;;. The Morgan fingerprint density at radius 1 is 0.875 bits per heavy atom. The van der Waals surface area contributed by atoms with Crippen LogP contribution in [0.3, 0.4) is 0 Å². The Balaban J connectivity index is 0.000000960. The number of halogens is 2. The summed E-state index contributed by atoms with van der Waals surface area (Å²) in [5, 5.41) is 0. The molecule has 1 atom stereocenters. The van der Waals surface area contributed by atoms with E-state index < -0.39 is 0 Å². The zero-order valence-corrected chi connectivity index (χ0v) is 17.3. The molecule has 3 heteroatoms. The summed E-state index contributed by atoms with van der Waals surface area (Å²) in [7, 11) is 0. The van der Waals surface area contributed by atoms with Gasteiger partial charge in [-0.15, -0.1) is 31.2 Å². The average molecular weight is 434 g/mol. The molecule has 2 aromatic rings. The molecule has 0 bridgehead atoms. The van der Waals surface area contributed by atoms with Crippen LogP contribution in [0.25, 0.3) is 6.08 Å². The quantitative estimate of drug-likeness (QED) is 0.543. The predicted octanol–water partition coefficient (Wildman–Crippen LogP) is 5.72. The van der Waals surface area contributed by atoms with Crippen molar-refractivity contribution in [2.24, 2.45) is 0 Å². The topological polar surface area (TPSA) is 0 Å². The van der Waals surface area contributed by atoms with Crippen molar-refractivity contribution in [3.8, 4) is 0 Å². The SMILES string of the molecule is Cl.Cl.[C-]1=C(C2(Cc3ccccc3)C=Cc3ccccc32)C=CC1.[Zr]. The van der Waals surface area contributed by atoms with E-state index in [0.29, 0.717) is 0 Å². The Morgan fingerprint density at radius 2 is 1.58 bits per heavy atom. The molecular weight excluding hydrogens is 414 g/mol. The monoisotopic (exact) mass is 431 g/mol. The van der Waals surface area contributed by atoms with Gasteiger partial charge in [0, 0.05) is 31.6 Å². The summed E-state index contributed by atoms with van der Waals surface area (Å²) in [6.07, 6.45) is 14.6. The number of hydrogen-bond acceptors (Lipinski definition) is 0. The van der Waals surface area contributed by atoms with Crippen LogP contribution in [0.15, 0.2) is 78.4 Å². The van der Waals surface area contributed by atoms with Gasteiger partial charge in [0.2, 0.25) is 0 Å². The van der Waals surface area contributed by atoms with Gasteiger partial charge < -0.3 is 0 Å².